The molecule has 3 aliphatic heterocycles. The highest BCUT2D eigenvalue weighted by Gasteiger charge is 2.38. The van der Waals surface area contributed by atoms with Crippen LogP contribution in [0.3, 0.4) is 0 Å². The summed E-state index contributed by atoms with van der Waals surface area (Å²) < 4.78 is 11.4. The van der Waals surface area contributed by atoms with Gasteiger partial charge in [0.15, 0.2) is 0 Å². The van der Waals surface area contributed by atoms with Crippen LogP contribution < -0.4 is 0 Å². The standard InChI is InChI=1S/C25H36N2O4/c28-24(20-6-8-21(9-7-20)25(29)17-30-18-25)26-13-10-22(11-14-26)27-12-2-5-23(15-27)31-16-19-3-1-4-19/h6-9,19,22-23,29H,1-5,10-18H2. The van der Waals surface area contributed by atoms with Gasteiger partial charge in [-0.1, -0.05) is 18.6 Å². The molecule has 1 saturated carbocycles. The molecular weight excluding hydrogens is 392 g/mol. The zero-order chi connectivity index (χ0) is 21.3. The summed E-state index contributed by atoms with van der Waals surface area (Å²) in [6.07, 6.45) is 8.96. The molecule has 6 heteroatoms. The van der Waals surface area contributed by atoms with Crippen molar-refractivity contribution in [2.24, 2.45) is 5.92 Å². The van der Waals surface area contributed by atoms with E-state index in [2.05, 4.69) is 4.90 Å². The number of ether oxygens (including phenoxy) is 2. The second-order valence-electron chi connectivity index (χ2n) is 10.0. The number of hydrogen-bond donors (Lipinski definition) is 1. The van der Waals surface area contributed by atoms with Crippen molar-refractivity contribution in [3.8, 4) is 0 Å². The van der Waals surface area contributed by atoms with Crippen LogP contribution in [0.15, 0.2) is 24.3 Å². The fraction of sp³-hybridized carbons (Fsp3) is 0.720. The summed E-state index contributed by atoms with van der Waals surface area (Å²) in [6.45, 7) is 5.46. The Hall–Kier alpha value is -1.47. The molecule has 0 spiro atoms. The first-order valence-electron chi connectivity index (χ1n) is 12.2. The maximum absolute atomic E-state index is 13.0. The van der Waals surface area contributed by atoms with Gasteiger partial charge in [0.05, 0.1) is 19.3 Å². The van der Waals surface area contributed by atoms with Crippen LogP contribution in [0.4, 0.5) is 0 Å². The first-order chi connectivity index (χ1) is 15.1. The number of aliphatic hydroxyl groups is 1. The molecule has 170 valence electrons. The predicted octanol–water partition coefficient (Wildman–Crippen LogP) is 2.79. The minimum Gasteiger partial charge on any atom is -0.380 e. The molecule has 1 aromatic rings. The lowest BCUT2D eigenvalue weighted by Gasteiger charge is -2.42. The first-order valence-corrected chi connectivity index (χ1v) is 12.2. The van der Waals surface area contributed by atoms with Gasteiger partial charge >= 0.3 is 0 Å². The topological polar surface area (TPSA) is 62.2 Å². The molecule has 4 aliphatic rings. The van der Waals surface area contributed by atoms with E-state index in [0.717, 1.165) is 57.1 Å². The average molecular weight is 429 g/mol. The molecule has 1 aromatic carbocycles. The van der Waals surface area contributed by atoms with Crippen LogP contribution in [0.1, 0.15) is 60.9 Å². The molecule has 1 amide bonds. The Morgan fingerprint density at radius 2 is 1.77 bits per heavy atom. The number of rotatable bonds is 6. The van der Waals surface area contributed by atoms with Crippen molar-refractivity contribution < 1.29 is 19.4 Å². The molecule has 6 nitrogen and oxygen atoms in total. The van der Waals surface area contributed by atoms with Crippen molar-refractivity contribution in [2.45, 2.75) is 62.7 Å². The largest absolute Gasteiger partial charge is 0.380 e. The van der Waals surface area contributed by atoms with E-state index >= 15 is 0 Å². The SMILES string of the molecule is O=C(c1ccc(C2(O)COC2)cc1)N1CCC(N2CCCC(OCC3CCC3)C2)CC1. The second-order valence-corrected chi connectivity index (χ2v) is 10.0. The molecule has 1 atom stereocenters. The van der Waals surface area contributed by atoms with Crippen LogP contribution in [0.2, 0.25) is 0 Å². The van der Waals surface area contributed by atoms with Crippen LogP contribution in [0.5, 0.6) is 0 Å². The third-order valence-corrected chi connectivity index (χ3v) is 7.82. The molecule has 5 rings (SSSR count). The third-order valence-electron chi connectivity index (χ3n) is 7.82. The molecule has 1 N–H and O–H groups in total. The molecule has 1 unspecified atom stereocenters. The quantitative estimate of drug-likeness (QED) is 0.755. The highest BCUT2D eigenvalue weighted by Crippen LogP contribution is 2.30. The van der Waals surface area contributed by atoms with E-state index in [-0.39, 0.29) is 5.91 Å². The summed E-state index contributed by atoms with van der Waals surface area (Å²) in [4.78, 5) is 17.6. The van der Waals surface area contributed by atoms with E-state index in [1.165, 1.54) is 32.1 Å². The maximum Gasteiger partial charge on any atom is 0.253 e. The second kappa shape index (κ2) is 9.18. The molecule has 0 aromatic heterocycles. The van der Waals surface area contributed by atoms with Gasteiger partial charge < -0.3 is 19.5 Å². The van der Waals surface area contributed by atoms with Gasteiger partial charge in [-0.2, -0.15) is 0 Å². The Morgan fingerprint density at radius 3 is 2.39 bits per heavy atom. The van der Waals surface area contributed by atoms with Crippen molar-refractivity contribution in [2.75, 3.05) is 46.0 Å². The van der Waals surface area contributed by atoms with Gasteiger partial charge in [0.25, 0.3) is 5.91 Å². The minimum atomic E-state index is -0.881. The third kappa shape index (κ3) is 4.68. The van der Waals surface area contributed by atoms with E-state index < -0.39 is 5.60 Å². The summed E-state index contributed by atoms with van der Waals surface area (Å²) in [5.74, 6) is 0.908. The number of carbonyl (C=O) groups excluding carboxylic acids is 1. The Balaban J connectivity index is 1.10. The molecule has 31 heavy (non-hydrogen) atoms. The summed E-state index contributed by atoms with van der Waals surface area (Å²) in [6, 6.07) is 7.97. The van der Waals surface area contributed by atoms with Gasteiger partial charge in [-0.05, 0) is 68.7 Å². The zero-order valence-corrected chi connectivity index (χ0v) is 18.5. The maximum atomic E-state index is 13.0. The summed E-state index contributed by atoms with van der Waals surface area (Å²) in [5.41, 5.74) is 0.648. The van der Waals surface area contributed by atoms with Crippen LogP contribution in [0, 0.1) is 5.92 Å². The first kappa shape index (κ1) is 21.4. The molecular formula is C25H36N2O4. The summed E-state index contributed by atoms with van der Waals surface area (Å²) in [7, 11) is 0. The minimum absolute atomic E-state index is 0.0993. The molecule has 0 bridgehead atoms. The molecule has 3 heterocycles. The fourth-order valence-electron chi connectivity index (χ4n) is 5.37. The van der Waals surface area contributed by atoms with Gasteiger partial charge in [0.1, 0.15) is 5.60 Å². The van der Waals surface area contributed by atoms with E-state index in [1.807, 2.05) is 29.2 Å². The number of piperidine rings is 2. The lowest BCUT2D eigenvalue weighted by molar-refractivity contribution is -0.184. The van der Waals surface area contributed by atoms with Crippen molar-refractivity contribution in [3.05, 3.63) is 35.4 Å². The predicted molar refractivity (Wildman–Crippen MR) is 118 cm³/mol. The number of nitrogens with zero attached hydrogens (tertiary/aromatic N) is 2. The van der Waals surface area contributed by atoms with E-state index in [4.69, 9.17) is 9.47 Å². The number of benzene rings is 1. The molecule has 3 saturated heterocycles. The number of amides is 1. The van der Waals surface area contributed by atoms with Crippen molar-refractivity contribution in [1.82, 2.24) is 9.80 Å². The monoisotopic (exact) mass is 428 g/mol. The van der Waals surface area contributed by atoms with E-state index in [0.29, 0.717) is 30.9 Å². The molecule has 1 aliphatic carbocycles. The van der Waals surface area contributed by atoms with Crippen LogP contribution in [-0.4, -0.2) is 79.0 Å². The smallest absolute Gasteiger partial charge is 0.253 e. The van der Waals surface area contributed by atoms with Gasteiger partial charge in [0, 0.05) is 37.8 Å². The zero-order valence-electron chi connectivity index (χ0n) is 18.5. The molecule has 4 fully saturated rings. The van der Waals surface area contributed by atoms with Crippen molar-refractivity contribution in [3.63, 3.8) is 0 Å². The van der Waals surface area contributed by atoms with Gasteiger partial charge in [-0.25, -0.2) is 0 Å². The van der Waals surface area contributed by atoms with Gasteiger partial charge in [-0.3, -0.25) is 9.69 Å². The highest BCUT2D eigenvalue weighted by atomic mass is 16.5. The van der Waals surface area contributed by atoms with Crippen LogP contribution >= 0.6 is 0 Å². The summed E-state index contributed by atoms with van der Waals surface area (Å²) >= 11 is 0. The van der Waals surface area contributed by atoms with Crippen LogP contribution in [0.25, 0.3) is 0 Å². The van der Waals surface area contributed by atoms with E-state index in [1.54, 1.807) is 0 Å². The van der Waals surface area contributed by atoms with Gasteiger partial charge in [-0.15, -0.1) is 0 Å². The lowest BCUT2D eigenvalue weighted by atomic mass is 9.86. The summed E-state index contributed by atoms with van der Waals surface area (Å²) in [5, 5.41) is 10.4. The number of carbonyl (C=O) groups is 1. The van der Waals surface area contributed by atoms with E-state index in [9.17, 15) is 9.90 Å². The lowest BCUT2D eigenvalue weighted by Crippen LogP contribution is -2.51. The number of hydrogen-bond acceptors (Lipinski definition) is 5. The van der Waals surface area contributed by atoms with Crippen molar-refractivity contribution in [1.29, 1.82) is 0 Å². The van der Waals surface area contributed by atoms with Crippen LogP contribution in [-0.2, 0) is 15.1 Å². The Labute approximate surface area is 185 Å². The Morgan fingerprint density at radius 1 is 1.03 bits per heavy atom. The molecule has 0 radical (unpaired) electrons. The average Bonchev–Trinajstić information content (AvgIpc) is 2.76. The van der Waals surface area contributed by atoms with Gasteiger partial charge in [0.2, 0.25) is 0 Å². The highest BCUT2D eigenvalue weighted by molar-refractivity contribution is 5.94. The number of likely N-dealkylation sites (tertiary alicyclic amines) is 2. The fourth-order valence-corrected chi connectivity index (χ4v) is 5.37. The normalized spacial score (nSPS) is 27.5. The Kier molecular flexibility index (Phi) is 6.33. The Bertz CT molecular complexity index is 751. The van der Waals surface area contributed by atoms with Crippen molar-refractivity contribution >= 4 is 5.91 Å².